The number of esters is 1. The lowest BCUT2D eigenvalue weighted by atomic mass is 9.85. The number of rotatable bonds is 11. The number of ketones is 1. The number of amides is 4. The molecule has 2 bridgehead atoms. The highest BCUT2D eigenvalue weighted by molar-refractivity contribution is 5.93. The highest BCUT2D eigenvalue weighted by Crippen LogP contribution is 2.24. The fraction of sp³-hybridized carbons (Fsp3) is 0.500. The van der Waals surface area contributed by atoms with E-state index in [0.29, 0.717) is 36.9 Å². The summed E-state index contributed by atoms with van der Waals surface area (Å²) in [5.41, 5.74) is 4.22. The molecule has 3 rings (SSSR count). The van der Waals surface area contributed by atoms with Gasteiger partial charge in [0.15, 0.2) is 0 Å². The number of fused-ring (bicyclic) bond motifs is 2. The van der Waals surface area contributed by atoms with Gasteiger partial charge in [0.2, 0.25) is 17.7 Å². The van der Waals surface area contributed by atoms with Gasteiger partial charge in [-0.1, -0.05) is 75.4 Å². The van der Waals surface area contributed by atoms with Crippen LogP contribution in [0.4, 0.5) is 0 Å². The summed E-state index contributed by atoms with van der Waals surface area (Å²) >= 11 is 0. The number of Topliss-reactive ketones (excluding diaryl/α,β-unsaturated/α-hetero) is 1. The number of carbonyl (C=O) groups is 6. The van der Waals surface area contributed by atoms with Crippen molar-refractivity contribution >= 4 is 35.4 Å². The zero-order chi connectivity index (χ0) is 42.8. The summed E-state index contributed by atoms with van der Waals surface area (Å²) in [5.74, 6) is -4.69. The molecule has 58 heavy (non-hydrogen) atoms. The summed E-state index contributed by atoms with van der Waals surface area (Å²) in [6.45, 7) is 12.6. The van der Waals surface area contributed by atoms with Gasteiger partial charge in [-0.2, -0.15) is 0 Å². The number of hydrazine groups is 1. The third-order valence-electron chi connectivity index (χ3n) is 10.1. The molecular formula is C44H61N5O9. The van der Waals surface area contributed by atoms with Crippen LogP contribution in [0.2, 0.25) is 0 Å². The summed E-state index contributed by atoms with van der Waals surface area (Å²) in [7, 11) is 0. The van der Waals surface area contributed by atoms with Gasteiger partial charge in [-0.25, -0.2) is 5.43 Å². The van der Waals surface area contributed by atoms with Crippen molar-refractivity contribution in [1.82, 2.24) is 26.4 Å². The Hall–Kier alpha value is -5.34. The Labute approximate surface area is 341 Å². The number of hydrogen-bond acceptors (Lipinski definition) is 10. The normalized spacial score (nSPS) is 25.9. The van der Waals surface area contributed by atoms with Crippen LogP contribution in [-0.2, 0) is 39.9 Å². The Morgan fingerprint density at radius 3 is 2.47 bits per heavy atom. The van der Waals surface area contributed by atoms with Gasteiger partial charge < -0.3 is 35.7 Å². The Morgan fingerprint density at radius 1 is 1.07 bits per heavy atom. The second-order valence-electron chi connectivity index (χ2n) is 15.4. The van der Waals surface area contributed by atoms with E-state index in [9.17, 15) is 39.0 Å². The first kappa shape index (κ1) is 47.0. The van der Waals surface area contributed by atoms with Crippen molar-refractivity contribution in [2.24, 2.45) is 17.8 Å². The lowest BCUT2D eigenvalue weighted by molar-refractivity contribution is -0.156. The molecule has 14 nitrogen and oxygen atoms in total. The standard InChI is InChI=1S/C44H61N5O9/c1-7-24-45-38(52)21-12-16-29(4)37-20-11-9-8-10-15-30(5)40(53)34(23-22-31(6)50)41(54)47-39(28(2)3)42(55)46-36(27-32-17-13-18-33(51)26-32)43(56)49-25-14-19-35(48-49)44(57)58-37/h7-13,16-18,21,26,28,30,34-37,39-40,48,51,53H,1,14-15,19-20,22-25,27H2,2-6H3,(H,45,52)(H,46,55)(H,47,54). The van der Waals surface area contributed by atoms with Crippen LogP contribution in [0.15, 0.2) is 85.0 Å². The van der Waals surface area contributed by atoms with Crippen LogP contribution in [0.25, 0.3) is 0 Å². The van der Waals surface area contributed by atoms with Crippen molar-refractivity contribution in [2.45, 2.75) is 110 Å². The number of cyclic esters (lactones) is 1. The van der Waals surface area contributed by atoms with Crippen molar-refractivity contribution in [3.8, 4) is 5.75 Å². The van der Waals surface area contributed by atoms with Crippen molar-refractivity contribution < 1.29 is 43.7 Å². The number of aliphatic hydroxyl groups excluding tert-OH is 1. The molecule has 7 unspecified atom stereocenters. The number of carbonyl (C=O) groups excluding carboxylic acids is 6. The smallest absolute Gasteiger partial charge is 0.325 e. The predicted molar refractivity (Wildman–Crippen MR) is 220 cm³/mol. The number of benzene rings is 1. The number of phenolic OH excluding ortho intramolecular Hbond substituents is 1. The molecule has 0 saturated carbocycles. The quantitative estimate of drug-likeness (QED) is 0.0830. The van der Waals surface area contributed by atoms with Gasteiger partial charge in [0.1, 0.15) is 35.8 Å². The second kappa shape index (κ2) is 23.8. The average Bonchev–Trinajstić information content (AvgIpc) is 3.18. The summed E-state index contributed by atoms with van der Waals surface area (Å²) in [6.07, 6.45) is 13.2. The lowest BCUT2D eigenvalue weighted by Crippen LogP contribution is -2.62. The van der Waals surface area contributed by atoms with Crippen LogP contribution in [0.5, 0.6) is 5.75 Å². The van der Waals surface area contributed by atoms with E-state index in [2.05, 4.69) is 28.0 Å². The minimum Gasteiger partial charge on any atom is -0.508 e. The summed E-state index contributed by atoms with van der Waals surface area (Å²) in [4.78, 5) is 80.0. The Morgan fingerprint density at radius 2 is 1.79 bits per heavy atom. The first-order chi connectivity index (χ1) is 27.6. The highest BCUT2D eigenvalue weighted by atomic mass is 16.5. The van der Waals surface area contributed by atoms with Crippen molar-refractivity contribution in [2.75, 3.05) is 13.1 Å². The first-order valence-electron chi connectivity index (χ1n) is 20.0. The van der Waals surface area contributed by atoms with Crippen molar-refractivity contribution in [3.05, 3.63) is 90.6 Å². The molecule has 0 spiro atoms. The molecule has 0 aromatic heterocycles. The number of nitrogens with zero attached hydrogens (tertiary/aromatic N) is 1. The van der Waals surface area contributed by atoms with Crippen LogP contribution in [0, 0.1) is 17.8 Å². The highest BCUT2D eigenvalue weighted by Gasteiger charge is 2.37. The maximum atomic E-state index is 14.3. The molecule has 1 aromatic carbocycles. The first-order valence-corrected chi connectivity index (χ1v) is 20.0. The number of nitrogens with one attached hydrogen (secondary N) is 4. The summed E-state index contributed by atoms with van der Waals surface area (Å²) in [5, 5.41) is 31.2. The van der Waals surface area contributed by atoms with E-state index in [1.54, 1.807) is 70.2 Å². The van der Waals surface area contributed by atoms with Gasteiger partial charge in [0, 0.05) is 38.4 Å². The van der Waals surface area contributed by atoms with E-state index in [1.165, 1.54) is 30.1 Å². The number of aliphatic hydroxyl groups is 1. The number of ether oxygens (including phenoxy) is 1. The largest absolute Gasteiger partial charge is 0.508 e. The van der Waals surface area contributed by atoms with E-state index in [-0.39, 0.29) is 49.7 Å². The molecule has 1 fully saturated rings. The van der Waals surface area contributed by atoms with Gasteiger partial charge in [-0.05, 0) is 74.6 Å². The van der Waals surface area contributed by atoms with E-state index >= 15 is 0 Å². The van der Waals surface area contributed by atoms with Gasteiger partial charge in [-0.3, -0.25) is 29.0 Å². The SMILES string of the molecule is C=CCNC(=O)C=CC=C(C)C1CC=CC=CCC(C)C(O)C(CCC(C)=O)C(=O)NC(C(C)C)C(=O)NC(Cc2cccc(O)c2)C(=O)N2CCCC(N2)C(=O)O1. The molecule has 0 radical (unpaired) electrons. The fourth-order valence-corrected chi connectivity index (χ4v) is 6.66. The Balaban J connectivity index is 2.04. The average molecular weight is 804 g/mol. The van der Waals surface area contributed by atoms with E-state index in [4.69, 9.17) is 4.74 Å². The van der Waals surface area contributed by atoms with Crippen LogP contribution >= 0.6 is 0 Å². The van der Waals surface area contributed by atoms with Gasteiger partial charge in [0.25, 0.3) is 5.91 Å². The summed E-state index contributed by atoms with van der Waals surface area (Å²) in [6, 6.07) is 3.11. The fourth-order valence-electron chi connectivity index (χ4n) is 6.66. The third-order valence-corrected chi connectivity index (χ3v) is 10.1. The predicted octanol–water partition coefficient (Wildman–Crippen LogP) is 3.66. The van der Waals surface area contributed by atoms with Crippen LogP contribution in [-0.4, -0.2) is 94.0 Å². The molecule has 2 aliphatic heterocycles. The third kappa shape index (κ3) is 15.2. The van der Waals surface area contributed by atoms with E-state index in [1.807, 2.05) is 12.2 Å². The monoisotopic (exact) mass is 803 g/mol. The number of allylic oxidation sites excluding steroid dienone is 5. The molecule has 1 saturated heterocycles. The summed E-state index contributed by atoms with van der Waals surface area (Å²) < 4.78 is 6.03. The van der Waals surface area contributed by atoms with Gasteiger partial charge >= 0.3 is 5.97 Å². The minimum atomic E-state index is -1.18. The molecule has 2 aliphatic rings. The number of hydrogen-bond donors (Lipinski definition) is 6. The van der Waals surface area contributed by atoms with Crippen LogP contribution in [0.1, 0.15) is 78.7 Å². The Kier molecular flexibility index (Phi) is 19.3. The molecule has 316 valence electrons. The molecule has 7 atom stereocenters. The zero-order valence-electron chi connectivity index (χ0n) is 34.3. The van der Waals surface area contributed by atoms with E-state index in [0.717, 1.165) is 0 Å². The van der Waals surface area contributed by atoms with E-state index < -0.39 is 71.8 Å². The van der Waals surface area contributed by atoms with Crippen molar-refractivity contribution in [1.29, 1.82) is 0 Å². The maximum absolute atomic E-state index is 14.3. The topological polar surface area (TPSA) is 203 Å². The molecule has 14 heteroatoms. The zero-order valence-corrected chi connectivity index (χ0v) is 34.3. The van der Waals surface area contributed by atoms with Crippen molar-refractivity contribution in [3.63, 3.8) is 0 Å². The van der Waals surface area contributed by atoms with Gasteiger partial charge in [0.05, 0.1) is 12.0 Å². The second-order valence-corrected chi connectivity index (χ2v) is 15.4. The molecular weight excluding hydrogens is 743 g/mol. The lowest BCUT2D eigenvalue weighted by Gasteiger charge is -2.36. The van der Waals surface area contributed by atoms with Crippen LogP contribution < -0.4 is 21.4 Å². The molecule has 2 heterocycles. The van der Waals surface area contributed by atoms with Gasteiger partial charge in [-0.15, -0.1) is 6.58 Å². The molecule has 4 amide bonds. The van der Waals surface area contributed by atoms with Crippen LogP contribution in [0.3, 0.4) is 0 Å². The molecule has 1 aromatic rings. The minimum absolute atomic E-state index is 0.0203. The number of phenols is 1. The maximum Gasteiger partial charge on any atom is 0.325 e. The Bertz CT molecular complexity index is 1730. The number of aromatic hydroxyl groups is 1. The molecule has 0 aliphatic carbocycles. The molecule has 6 N–H and O–H groups in total.